The van der Waals surface area contributed by atoms with Crippen LogP contribution in [0.2, 0.25) is 0 Å². The number of methoxy groups -OCH3 is 1. The van der Waals surface area contributed by atoms with E-state index in [0.29, 0.717) is 26.2 Å². The van der Waals surface area contributed by atoms with Crippen molar-refractivity contribution >= 4 is 36.0 Å². The average molecular weight is 560 g/mol. The van der Waals surface area contributed by atoms with Gasteiger partial charge in [-0.25, -0.2) is 4.79 Å². The molecule has 1 N–H and O–H groups in total. The van der Waals surface area contributed by atoms with E-state index in [1.54, 1.807) is 12.0 Å². The van der Waals surface area contributed by atoms with Crippen molar-refractivity contribution in [2.24, 2.45) is 4.99 Å². The van der Waals surface area contributed by atoms with Gasteiger partial charge in [-0.05, 0) is 58.2 Å². The molecule has 2 aliphatic rings. The highest BCUT2D eigenvalue weighted by molar-refractivity contribution is 14.0. The molecule has 1 aromatic rings. The van der Waals surface area contributed by atoms with Crippen LogP contribution in [-0.4, -0.2) is 79.9 Å². The molecule has 1 amide bonds. The van der Waals surface area contributed by atoms with Gasteiger partial charge in [-0.15, -0.1) is 24.0 Å². The summed E-state index contributed by atoms with van der Waals surface area (Å²) in [6, 6.07) is 6.32. The van der Waals surface area contributed by atoms with Crippen molar-refractivity contribution in [1.29, 1.82) is 0 Å². The van der Waals surface area contributed by atoms with Gasteiger partial charge in [-0.1, -0.05) is 6.07 Å². The summed E-state index contributed by atoms with van der Waals surface area (Å²) in [5, 5.41) is 3.48. The first-order chi connectivity index (χ1) is 14.8. The van der Waals surface area contributed by atoms with Crippen LogP contribution < -0.4 is 14.8 Å². The minimum atomic E-state index is -0.472. The predicted molar refractivity (Wildman–Crippen MR) is 137 cm³/mol. The highest BCUT2D eigenvalue weighted by atomic mass is 127. The number of rotatable bonds is 7. The zero-order valence-electron chi connectivity index (χ0n) is 19.8. The number of fused-ring (bicyclic) bond motifs is 1. The number of piperazine rings is 1. The third kappa shape index (κ3) is 7.05. The summed E-state index contributed by atoms with van der Waals surface area (Å²) in [6.07, 6.45) is 1.69. The molecule has 9 heteroatoms. The normalized spacial score (nSPS) is 17.8. The van der Waals surface area contributed by atoms with Crippen LogP contribution in [0.5, 0.6) is 11.5 Å². The van der Waals surface area contributed by atoms with Gasteiger partial charge in [0, 0.05) is 26.2 Å². The molecule has 0 saturated carbocycles. The fourth-order valence-electron chi connectivity index (χ4n) is 3.86. The molecule has 1 saturated heterocycles. The van der Waals surface area contributed by atoms with Gasteiger partial charge >= 0.3 is 6.09 Å². The highest BCUT2D eigenvalue weighted by Crippen LogP contribution is 2.28. The molecule has 0 radical (unpaired) electrons. The van der Waals surface area contributed by atoms with Gasteiger partial charge in [0.2, 0.25) is 0 Å². The summed E-state index contributed by atoms with van der Waals surface area (Å²) >= 11 is 0. The summed E-state index contributed by atoms with van der Waals surface area (Å²) in [7, 11) is 1.66. The first-order valence-corrected chi connectivity index (χ1v) is 11.1. The third-order valence-corrected chi connectivity index (χ3v) is 5.31. The number of amides is 1. The van der Waals surface area contributed by atoms with Gasteiger partial charge in [0.25, 0.3) is 0 Å². The van der Waals surface area contributed by atoms with E-state index in [1.165, 1.54) is 5.56 Å². The molecule has 1 fully saturated rings. The second-order valence-corrected chi connectivity index (χ2v) is 8.89. The van der Waals surface area contributed by atoms with Gasteiger partial charge in [0.1, 0.15) is 5.60 Å². The van der Waals surface area contributed by atoms with Crippen LogP contribution >= 0.6 is 24.0 Å². The van der Waals surface area contributed by atoms with Crippen LogP contribution in [0.25, 0.3) is 0 Å². The van der Waals surface area contributed by atoms with E-state index in [-0.39, 0.29) is 36.1 Å². The van der Waals surface area contributed by atoms with Gasteiger partial charge in [0.15, 0.2) is 17.5 Å². The molecule has 0 aliphatic carbocycles. The van der Waals surface area contributed by atoms with Crippen molar-refractivity contribution in [3.05, 3.63) is 23.8 Å². The first-order valence-electron chi connectivity index (χ1n) is 11.1. The Bertz CT molecular complexity index is 797. The lowest BCUT2D eigenvalue weighted by Gasteiger charge is -2.39. The lowest BCUT2D eigenvalue weighted by atomic mass is 10.1. The number of benzene rings is 1. The number of guanidine groups is 1. The number of carbonyl (C=O) groups is 1. The first kappa shape index (κ1) is 26.3. The third-order valence-electron chi connectivity index (χ3n) is 5.31. The van der Waals surface area contributed by atoms with E-state index < -0.39 is 5.60 Å². The molecule has 2 aliphatic heterocycles. The second kappa shape index (κ2) is 11.8. The number of nitrogens with zero attached hydrogens (tertiary/aromatic N) is 3. The zero-order valence-corrected chi connectivity index (χ0v) is 22.2. The van der Waals surface area contributed by atoms with Crippen molar-refractivity contribution in [2.45, 2.75) is 52.2 Å². The minimum absolute atomic E-state index is 0. The number of ether oxygens (including phenoxy) is 3. The Morgan fingerprint density at radius 2 is 2.03 bits per heavy atom. The highest BCUT2D eigenvalue weighted by Gasteiger charge is 2.36. The minimum Gasteiger partial charge on any atom is -0.493 e. The SMILES string of the molecule is CCOc1cc(CCCNC2=NCC3CN(C(=O)OC(C)(C)C)CCN23)ccc1OC.I. The van der Waals surface area contributed by atoms with Crippen molar-refractivity contribution in [3.8, 4) is 11.5 Å². The quantitative estimate of drug-likeness (QED) is 0.407. The summed E-state index contributed by atoms with van der Waals surface area (Å²) in [4.78, 5) is 21.1. The molecular weight excluding hydrogens is 523 g/mol. The van der Waals surface area contributed by atoms with E-state index in [1.807, 2.05) is 33.8 Å². The van der Waals surface area contributed by atoms with Crippen LogP contribution in [-0.2, 0) is 11.2 Å². The van der Waals surface area contributed by atoms with Crippen LogP contribution in [0.15, 0.2) is 23.2 Å². The lowest BCUT2D eigenvalue weighted by molar-refractivity contribution is 0.0137. The second-order valence-electron chi connectivity index (χ2n) is 8.89. The maximum Gasteiger partial charge on any atom is 0.410 e. The Balaban J connectivity index is 0.00000363. The molecule has 1 unspecified atom stereocenters. The Morgan fingerprint density at radius 1 is 1.25 bits per heavy atom. The number of carbonyl (C=O) groups excluding carboxylic acids is 1. The maximum absolute atomic E-state index is 12.4. The summed E-state index contributed by atoms with van der Waals surface area (Å²) in [5.41, 5.74) is 0.753. The maximum atomic E-state index is 12.4. The van der Waals surface area contributed by atoms with Crippen LogP contribution in [0.3, 0.4) is 0 Å². The molecule has 2 heterocycles. The van der Waals surface area contributed by atoms with Gasteiger partial charge in [0.05, 0.1) is 26.3 Å². The molecule has 0 bridgehead atoms. The summed E-state index contributed by atoms with van der Waals surface area (Å²) in [6.45, 7) is 11.9. The number of aryl methyl sites for hydroxylation is 1. The fraction of sp³-hybridized carbons (Fsp3) is 0.652. The van der Waals surface area contributed by atoms with E-state index in [4.69, 9.17) is 14.2 Å². The number of halogens is 1. The molecule has 3 rings (SSSR count). The van der Waals surface area contributed by atoms with Crippen LogP contribution in [0.1, 0.15) is 39.7 Å². The Hall–Kier alpha value is -1.91. The standard InChI is InChI=1S/C23H36N4O4.HI/c1-6-30-20-14-17(9-10-19(20)29-5)8-7-11-24-21-25-15-18-16-26(12-13-27(18)21)22(28)31-23(2,3)4;/h9-10,14,18H,6-8,11-13,15-16H2,1-5H3,(H,24,25);1H. The largest absolute Gasteiger partial charge is 0.493 e. The van der Waals surface area contributed by atoms with Gasteiger partial charge in [-0.2, -0.15) is 0 Å². The molecular formula is C23H37IN4O4. The van der Waals surface area contributed by atoms with Crippen molar-refractivity contribution in [3.63, 3.8) is 0 Å². The van der Waals surface area contributed by atoms with Crippen molar-refractivity contribution in [1.82, 2.24) is 15.1 Å². The Kier molecular flexibility index (Phi) is 9.72. The van der Waals surface area contributed by atoms with Crippen molar-refractivity contribution in [2.75, 3.05) is 46.4 Å². The molecule has 1 aromatic carbocycles. The van der Waals surface area contributed by atoms with Gasteiger partial charge in [-0.3, -0.25) is 4.99 Å². The number of nitrogens with one attached hydrogen (secondary N) is 1. The topological polar surface area (TPSA) is 75.6 Å². The molecule has 0 aromatic heterocycles. The Labute approximate surface area is 208 Å². The number of aliphatic imine (C=N–C) groups is 1. The monoisotopic (exact) mass is 560 g/mol. The average Bonchev–Trinajstić information content (AvgIpc) is 3.12. The van der Waals surface area contributed by atoms with E-state index >= 15 is 0 Å². The van der Waals surface area contributed by atoms with E-state index in [0.717, 1.165) is 43.4 Å². The summed E-state index contributed by atoms with van der Waals surface area (Å²) < 4.78 is 16.5. The van der Waals surface area contributed by atoms with Gasteiger partial charge < -0.3 is 29.3 Å². The van der Waals surface area contributed by atoms with E-state index in [9.17, 15) is 4.79 Å². The zero-order chi connectivity index (χ0) is 22.4. The lowest BCUT2D eigenvalue weighted by Crippen LogP contribution is -2.57. The number of hydrogen-bond donors (Lipinski definition) is 1. The molecule has 0 spiro atoms. The van der Waals surface area contributed by atoms with Crippen LogP contribution in [0, 0.1) is 0 Å². The summed E-state index contributed by atoms with van der Waals surface area (Å²) in [5.74, 6) is 2.50. The molecule has 8 nitrogen and oxygen atoms in total. The molecule has 32 heavy (non-hydrogen) atoms. The van der Waals surface area contributed by atoms with Crippen LogP contribution in [0.4, 0.5) is 4.79 Å². The van der Waals surface area contributed by atoms with Crippen molar-refractivity contribution < 1.29 is 19.0 Å². The van der Waals surface area contributed by atoms with E-state index in [2.05, 4.69) is 27.3 Å². The molecule has 180 valence electrons. The Morgan fingerprint density at radius 3 is 2.72 bits per heavy atom. The predicted octanol–water partition coefficient (Wildman–Crippen LogP) is 3.53. The fourth-order valence-corrected chi connectivity index (χ4v) is 3.86. The smallest absolute Gasteiger partial charge is 0.410 e. The number of hydrogen-bond acceptors (Lipinski definition) is 7. The molecule has 1 atom stereocenters.